The number of rotatable bonds is 6. The first kappa shape index (κ1) is 28.2. The van der Waals surface area contributed by atoms with Crippen LogP contribution in [0.15, 0.2) is 53.4 Å². The van der Waals surface area contributed by atoms with Crippen molar-refractivity contribution in [1.82, 2.24) is 0 Å². The molecule has 0 saturated heterocycles. The number of hydrogen-bond acceptors (Lipinski definition) is 5. The average Bonchev–Trinajstić information content (AvgIpc) is 2.74. The van der Waals surface area contributed by atoms with Crippen LogP contribution >= 0.6 is 0 Å². The lowest BCUT2D eigenvalue weighted by Crippen LogP contribution is -2.53. The Labute approximate surface area is 191 Å². The Kier molecular flexibility index (Phi) is 7.43. The molecule has 0 bridgehead atoms. The number of hydrogen-bond donors (Lipinski definition) is 1. The highest BCUT2D eigenvalue weighted by Crippen LogP contribution is 2.50. The van der Waals surface area contributed by atoms with Crippen LogP contribution in [0.1, 0.15) is 15.9 Å². The first-order valence-electron chi connectivity index (χ1n) is 9.00. The van der Waals surface area contributed by atoms with E-state index in [9.17, 15) is 57.8 Å². The third kappa shape index (κ3) is 5.63. The fourth-order valence-electron chi connectivity index (χ4n) is 2.86. The predicted molar refractivity (Wildman–Crippen MR) is 101 cm³/mol. The molecule has 2 aromatic carbocycles. The number of nitrogens with zero attached hydrogens (tertiary/aromatic N) is 1. The normalized spacial score (nSPS) is 13.5. The van der Waals surface area contributed by atoms with Gasteiger partial charge in [0.05, 0.1) is 23.3 Å². The average molecular weight is 539 g/mol. The van der Waals surface area contributed by atoms with Gasteiger partial charge in [0.15, 0.2) is 0 Å². The lowest BCUT2D eigenvalue weighted by molar-refractivity contribution is -0.376. The first-order chi connectivity index (χ1) is 15.8. The number of aliphatic hydroxyl groups is 1. The van der Waals surface area contributed by atoms with Crippen molar-refractivity contribution in [3.8, 4) is 0 Å². The molecule has 1 N–H and O–H groups in total. The van der Waals surface area contributed by atoms with Gasteiger partial charge in [-0.3, -0.25) is 4.31 Å². The van der Waals surface area contributed by atoms with Gasteiger partial charge in [0.25, 0.3) is 15.6 Å². The summed E-state index contributed by atoms with van der Waals surface area (Å²) in [5.41, 5.74) is -8.52. The van der Waals surface area contributed by atoms with E-state index in [0.717, 1.165) is 25.3 Å². The summed E-state index contributed by atoms with van der Waals surface area (Å²) in [6.07, 6.45) is -17.7. The molecule has 0 aliphatic rings. The highest BCUT2D eigenvalue weighted by molar-refractivity contribution is 7.92. The van der Waals surface area contributed by atoms with Crippen molar-refractivity contribution in [2.75, 3.05) is 18.0 Å². The van der Waals surface area contributed by atoms with Crippen molar-refractivity contribution in [2.45, 2.75) is 29.0 Å². The van der Waals surface area contributed by atoms with E-state index in [1.807, 2.05) is 0 Å². The molecule has 2 aromatic rings. The van der Waals surface area contributed by atoms with Crippen molar-refractivity contribution in [1.29, 1.82) is 0 Å². The van der Waals surface area contributed by atoms with Gasteiger partial charge in [0.1, 0.15) is 6.54 Å². The third-order valence-electron chi connectivity index (χ3n) is 4.56. The third-order valence-corrected chi connectivity index (χ3v) is 6.33. The minimum Gasteiger partial charge on any atom is -0.465 e. The van der Waals surface area contributed by atoms with Crippen molar-refractivity contribution in [3.63, 3.8) is 0 Å². The van der Waals surface area contributed by atoms with Gasteiger partial charge in [-0.25, -0.2) is 13.2 Å². The zero-order valence-corrected chi connectivity index (χ0v) is 18.0. The van der Waals surface area contributed by atoms with Crippen LogP contribution < -0.4 is 4.31 Å². The van der Waals surface area contributed by atoms with E-state index in [1.165, 1.54) is 0 Å². The maximum absolute atomic E-state index is 13.2. The monoisotopic (exact) mass is 539 g/mol. The number of halogens is 9. The first-order valence-corrected chi connectivity index (χ1v) is 10.4. The summed E-state index contributed by atoms with van der Waals surface area (Å²) in [6.45, 7) is -2.22. The van der Waals surface area contributed by atoms with E-state index in [4.69, 9.17) is 0 Å². The van der Waals surface area contributed by atoms with Gasteiger partial charge in [-0.1, -0.05) is 18.2 Å². The quantitative estimate of drug-likeness (QED) is 0.431. The van der Waals surface area contributed by atoms with Crippen LogP contribution in [0.3, 0.4) is 0 Å². The van der Waals surface area contributed by atoms with Gasteiger partial charge >= 0.3 is 24.5 Å². The number of carbonyl (C=O) groups is 1. The molecule has 0 aromatic heterocycles. The van der Waals surface area contributed by atoms with E-state index in [-0.39, 0.29) is 34.1 Å². The van der Waals surface area contributed by atoms with Gasteiger partial charge in [-0.2, -0.15) is 39.5 Å². The van der Waals surface area contributed by atoms with Crippen LogP contribution in [0.5, 0.6) is 0 Å². The second kappa shape index (κ2) is 9.22. The Hall–Kier alpha value is -3.01. The number of benzene rings is 2. The van der Waals surface area contributed by atoms with Gasteiger partial charge in [-0.15, -0.1) is 0 Å². The smallest absolute Gasteiger partial charge is 0.430 e. The minimum atomic E-state index is -6.27. The maximum Gasteiger partial charge on any atom is 0.430 e. The van der Waals surface area contributed by atoms with Crippen LogP contribution in [0.4, 0.5) is 45.2 Å². The Morgan fingerprint density at radius 3 is 1.86 bits per heavy atom. The number of ether oxygens (including phenoxy) is 1. The summed E-state index contributed by atoms with van der Waals surface area (Å²) in [5.74, 6) is -1.03. The standard InChI is InChI=1S/C19H14F9NO5S/c1-34-15(30)11-3-2-4-14(9-11)35(32,33)29(10-16(20,21)22)13-7-5-12(6-8-13)17(31,18(23,24)25)19(26,27)28/h2-9,31H,10H2,1H3. The van der Waals surface area contributed by atoms with Crippen LogP contribution in [0, 0.1) is 0 Å². The number of anilines is 1. The van der Waals surface area contributed by atoms with Gasteiger partial charge in [0, 0.05) is 5.56 Å². The molecule has 0 saturated carbocycles. The minimum absolute atomic E-state index is 0.0000785. The summed E-state index contributed by atoms with van der Waals surface area (Å²) in [4.78, 5) is 10.8. The zero-order valence-electron chi connectivity index (χ0n) is 17.2. The Morgan fingerprint density at radius 2 is 1.43 bits per heavy atom. The van der Waals surface area contributed by atoms with Gasteiger partial charge in [0.2, 0.25) is 0 Å². The Bertz CT molecular complexity index is 1160. The van der Waals surface area contributed by atoms with Crippen molar-refractivity contribution >= 4 is 21.7 Å². The molecule has 0 unspecified atom stereocenters. The molecule has 194 valence electrons. The number of esters is 1. The van der Waals surface area contributed by atoms with E-state index in [1.54, 1.807) is 0 Å². The Morgan fingerprint density at radius 1 is 0.914 bits per heavy atom. The summed E-state index contributed by atoms with van der Waals surface area (Å²) in [5, 5.41) is 9.41. The maximum atomic E-state index is 13.2. The predicted octanol–water partition coefficient (Wildman–Crippen LogP) is 4.54. The fraction of sp³-hybridized carbons (Fsp3) is 0.316. The molecule has 0 spiro atoms. The second-order valence-corrected chi connectivity index (χ2v) is 8.76. The molecule has 16 heteroatoms. The summed E-state index contributed by atoms with van der Waals surface area (Å²) in [6, 6.07) is 4.05. The largest absolute Gasteiger partial charge is 0.465 e. The van der Waals surface area contributed by atoms with Crippen LogP contribution in [0.2, 0.25) is 0 Å². The Balaban J connectivity index is 2.65. The zero-order chi connectivity index (χ0) is 27.0. The van der Waals surface area contributed by atoms with Crippen LogP contribution in [-0.2, 0) is 20.4 Å². The lowest BCUT2D eigenvalue weighted by atomic mass is 9.92. The van der Waals surface area contributed by atoms with E-state index >= 15 is 0 Å². The molecule has 35 heavy (non-hydrogen) atoms. The molecule has 2 rings (SSSR count). The lowest BCUT2D eigenvalue weighted by Gasteiger charge is -2.33. The molecular weight excluding hydrogens is 525 g/mol. The SMILES string of the molecule is COC(=O)c1cccc(S(=O)(=O)N(CC(F)(F)F)c2ccc(C(O)(C(F)(F)F)C(F)(F)F)cc2)c1. The molecule has 0 fully saturated rings. The second-order valence-electron chi connectivity index (χ2n) is 6.90. The number of methoxy groups -OCH3 is 1. The van der Waals surface area contributed by atoms with Gasteiger partial charge in [-0.05, 0) is 30.3 Å². The number of alkyl halides is 9. The highest BCUT2D eigenvalue weighted by Gasteiger charge is 2.71. The molecule has 0 aliphatic carbocycles. The van der Waals surface area contributed by atoms with Gasteiger partial charge < -0.3 is 9.84 Å². The van der Waals surface area contributed by atoms with Crippen molar-refractivity contribution < 1.29 is 62.6 Å². The number of carbonyl (C=O) groups excluding carboxylic acids is 1. The van der Waals surface area contributed by atoms with Crippen molar-refractivity contribution in [3.05, 3.63) is 59.7 Å². The summed E-state index contributed by atoms with van der Waals surface area (Å²) < 4.78 is 148. The van der Waals surface area contributed by atoms with E-state index in [2.05, 4.69) is 4.74 Å². The topological polar surface area (TPSA) is 83.9 Å². The molecule has 0 heterocycles. The van der Waals surface area contributed by atoms with Crippen molar-refractivity contribution in [2.24, 2.45) is 0 Å². The molecule has 6 nitrogen and oxygen atoms in total. The summed E-state index contributed by atoms with van der Waals surface area (Å²) >= 11 is 0. The highest BCUT2D eigenvalue weighted by atomic mass is 32.2. The molecule has 0 aliphatic heterocycles. The van der Waals surface area contributed by atoms with E-state index in [0.29, 0.717) is 6.07 Å². The fourth-order valence-corrected chi connectivity index (χ4v) is 4.36. The molecule has 0 amide bonds. The van der Waals surface area contributed by atoms with E-state index < -0.39 is 62.8 Å². The summed E-state index contributed by atoms with van der Waals surface area (Å²) in [7, 11) is -4.21. The van der Waals surface area contributed by atoms with Crippen LogP contribution in [0.25, 0.3) is 0 Å². The number of sulfonamides is 1. The van der Waals surface area contributed by atoms with Crippen LogP contribution in [-0.4, -0.2) is 51.7 Å². The molecular formula is C19H14F9NO5S. The molecule has 0 radical (unpaired) electrons. The molecule has 0 atom stereocenters.